The van der Waals surface area contributed by atoms with Gasteiger partial charge in [0.15, 0.2) is 0 Å². The van der Waals surface area contributed by atoms with Gasteiger partial charge in [-0.15, -0.1) is 0 Å². The lowest BCUT2D eigenvalue weighted by atomic mass is 9.89. The monoisotopic (exact) mass is 248 g/mol. The molecular formula is C11H24N2O2S. The molecule has 0 bridgehead atoms. The molecule has 1 unspecified atom stereocenters. The van der Waals surface area contributed by atoms with E-state index in [1.807, 2.05) is 27.7 Å². The maximum absolute atomic E-state index is 11.7. The van der Waals surface area contributed by atoms with E-state index in [4.69, 9.17) is 0 Å². The third-order valence-corrected chi connectivity index (χ3v) is 4.49. The molecule has 0 aromatic heterocycles. The SMILES string of the molecule is CC(NS(=O)(=O)CCNC1CC1)C(C)(C)C. The summed E-state index contributed by atoms with van der Waals surface area (Å²) in [6.45, 7) is 8.55. The van der Waals surface area contributed by atoms with Crippen molar-refractivity contribution in [3.05, 3.63) is 0 Å². The summed E-state index contributed by atoms with van der Waals surface area (Å²) in [5.41, 5.74) is -0.0447. The van der Waals surface area contributed by atoms with Crippen LogP contribution in [0.4, 0.5) is 0 Å². The lowest BCUT2D eigenvalue weighted by Crippen LogP contribution is -2.43. The molecule has 0 radical (unpaired) electrons. The minimum absolute atomic E-state index is 0.0431. The largest absolute Gasteiger partial charge is 0.313 e. The van der Waals surface area contributed by atoms with Crippen LogP contribution in [0.2, 0.25) is 0 Å². The van der Waals surface area contributed by atoms with Gasteiger partial charge in [-0.25, -0.2) is 13.1 Å². The van der Waals surface area contributed by atoms with Crippen LogP contribution in [-0.4, -0.2) is 32.8 Å². The van der Waals surface area contributed by atoms with Crippen molar-refractivity contribution < 1.29 is 8.42 Å². The summed E-state index contributed by atoms with van der Waals surface area (Å²) in [6, 6.07) is 0.522. The van der Waals surface area contributed by atoms with Crippen molar-refractivity contribution in [1.29, 1.82) is 0 Å². The maximum Gasteiger partial charge on any atom is 0.213 e. The van der Waals surface area contributed by atoms with E-state index < -0.39 is 10.0 Å². The van der Waals surface area contributed by atoms with Crippen LogP contribution in [-0.2, 0) is 10.0 Å². The predicted octanol–water partition coefficient (Wildman–Crippen LogP) is 1.09. The number of nitrogens with one attached hydrogen (secondary N) is 2. The number of hydrogen-bond acceptors (Lipinski definition) is 3. The van der Waals surface area contributed by atoms with Crippen molar-refractivity contribution in [2.75, 3.05) is 12.3 Å². The van der Waals surface area contributed by atoms with Crippen LogP contribution in [0.5, 0.6) is 0 Å². The van der Waals surface area contributed by atoms with Crippen molar-refractivity contribution >= 4 is 10.0 Å². The number of hydrogen-bond donors (Lipinski definition) is 2. The third kappa shape index (κ3) is 5.27. The molecule has 1 aliphatic rings. The Labute approximate surface area is 99.2 Å². The van der Waals surface area contributed by atoms with E-state index in [2.05, 4.69) is 10.0 Å². The Morgan fingerprint density at radius 1 is 1.31 bits per heavy atom. The Balaban J connectivity index is 2.32. The first-order chi connectivity index (χ1) is 7.21. The highest BCUT2D eigenvalue weighted by molar-refractivity contribution is 7.89. The Morgan fingerprint density at radius 3 is 2.31 bits per heavy atom. The molecule has 1 aliphatic carbocycles. The minimum atomic E-state index is -3.14. The summed E-state index contributed by atoms with van der Waals surface area (Å²) in [7, 11) is -3.14. The highest BCUT2D eigenvalue weighted by Gasteiger charge is 2.25. The lowest BCUT2D eigenvalue weighted by molar-refractivity contribution is 0.317. The zero-order chi connectivity index (χ0) is 12.4. The molecule has 1 rings (SSSR count). The molecule has 0 saturated heterocycles. The Bertz CT molecular complexity index is 315. The van der Waals surface area contributed by atoms with Gasteiger partial charge >= 0.3 is 0 Å². The molecule has 1 saturated carbocycles. The summed E-state index contributed by atoms with van der Waals surface area (Å²) in [6.07, 6.45) is 2.37. The van der Waals surface area contributed by atoms with E-state index in [-0.39, 0.29) is 17.2 Å². The second kappa shape index (κ2) is 5.02. The van der Waals surface area contributed by atoms with Gasteiger partial charge in [0.1, 0.15) is 0 Å². The van der Waals surface area contributed by atoms with Crippen LogP contribution in [0.3, 0.4) is 0 Å². The van der Waals surface area contributed by atoms with Gasteiger partial charge < -0.3 is 5.32 Å². The molecule has 16 heavy (non-hydrogen) atoms. The number of rotatable bonds is 6. The fraction of sp³-hybridized carbons (Fsp3) is 1.00. The molecule has 96 valence electrons. The van der Waals surface area contributed by atoms with Gasteiger partial charge in [0, 0.05) is 18.6 Å². The van der Waals surface area contributed by atoms with Crippen molar-refractivity contribution in [1.82, 2.24) is 10.0 Å². The molecule has 0 aromatic carbocycles. The average Bonchev–Trinajstić information content (AvgIpc) is 2.84. The first kappa shape index (κ1) is 13.9. The van der Waals surface area contributed by atoms with Gasteiger partial charge in [-0.2, -0.15) is 0 Å². The van der Waals surface area contributed by atoms with Crippen LogP contribution >= 0.6 is 0 Å². The normalized spacial score (nSPS) is 19.8. The first-order valence-electron chi connectivity index (χ1n) is 5.94. The topological polar surface area (TPSA) is 58.2 Å². The van der Waals surface area contributed by atoms with Crippen molar-refractivity contribution in [2.24, 2.45) is 5.41 Å². The quantitative estimate of drug-likeness (QED) is 0.740. The second-order valence-corrected chi connectivity index (χ2v) is 7.63. The van der Waals surface area contributed by atoms with Crippen LogP contribution < -0.4 is 10.0 Å². The van der Waals surface area contributed by atoms with Gasteiger partial charge in [0.2, 0.25) is 10.0 Å². The van der Waals surface area contributed by atoms with Gasteiger partial charge in [-0.1, -0.05) is 20.8 Å². The van der Waals surface area contributed by atoms with Crippen molar-refractivity contribution in [2.45, 2.75) is 52.6 Å². The highest BCUT2D eigenvalue weighted by atomic mass is 32.2. The molecule has 1 fully saturated rings. The zero-order valence-corrected chi connectivity index (χ0v) is 11.5. The first-order valence-corrected chi connectivity index (χ1v) is 7.59. The van der Waals surface area contributed by atoms with Gasteiger partial charge in [0.25, 0.3) is 0 Å². The Morgan fingerprint density at radius 2 is 1.88 bits per heavy atom. The fourth-order valence-electron chi connectivity index (χ4n) is 1.19. The fourth-order valence-corrected chi connectivity index (χ4v) is 2.59. The average molecular weight is 248 g/mol. The summed E-state index contributed by atoms with van der Waals surface area (Å²) in [5, 5.41) is 3.21. The van der Waals surface area contributed by atoms with Crippen LogP contribution in [0.25, 0.3) is 0 Å². The van der Waals surface area contributed by atoms with Crippen LogP contribution in [0, 0.1) is 5.41 Å². The van der Waals surface area contributed by atoms with E-state index in [1.165, 1.54) is 12.8 Å². The van der Waals surface area contributed by atoms with E-state index >= 15 is 0 Å². The molecule has 0 heterocycles. The highest BCUT2D eigenvalue weighted by Crippen LogP contribution is 2.19. The summed E-state index contributed by atoms with van der Waals surface area (Å²) in [4.78, 5) is 0. The number of sulfonamides is 1. The molecule has 0 aliphatic heterocycles. The Kier molecular flexibility index (Phi) is 4.37. The standard InChI is InChI=1S/C11H24N2O2S/c1-9(11(2,3)4)13-16(14,15)8-7-12-10-5-6-10/h9-10,12-13H,5-8H2,1-4H3. The molecule has 0 aromatic rings. The van der Waals surface area contributed by atoms with Crippen molar-refractivity contribution in [3.63, 3.8) is 0 Å². The van der Waals surface area contributed by atoms with Crippen molar-refractivity contribution in [3.8, 4) is 0 Å². The summed E-state index contributed by atoms with van der Waals surface area (Å²) in [5.74, 6) is 0.171. The van der Waals surface area contributed by atoms with Crippen LogP contribution in [0.1, 0.15) is 40.5 Å². The molecule has 1 atom stereocenters. The molecule has 4 nitrogen and oxygen atoms in total. The minimum Gasteiger partial charge on any atom is -0.313 e. The maximum atomic E-state index is 11.7. The van der Waals surface area contributed by atoms with Gasteiger partial charge in [0.05, 0.1) is 5.75 Å². The van der Waals surface area contributed by atoms with Gasteiger partial charge in [-0.3, -0.25) is 0 Å². The lowest BCUT2D eigenvalue weighted by Gasteiger charge is -2.27. The molecular weight excluding hydrogens is 224 g/mol. The summed E-state index contributed by atoms with van der Waals surface area (Å²) < 4.78 is 26.2. The van der Waals surface area contributed by atoms with E-state index in [0.717, 1.165) is 0 Å². The summed E-state index contributed by atoms with van der Waals surface area (Å²) >= 11 is 0. The molecule has 0 spiro atoms. The zero-order valence-electron chi connectivity index (χ0n) is 10.7. The third-order valence-electron chi connectivity index (χ3n) is 3.04. The molecule has 0 amide bonds. The van der Waals surface area contributed by atoms with E-state index in [0.29, 0.717) is 12.6 Å². The van der Waals surface area contributed by atoms with Crippen LogP contribution in [0.15, 0.2) is 0 Å². The van der Waals surface area contributed by atoms with E-state index in [9.17, 15) is 8.42 Å². The molecule has 5 heteroatoms. The van der Waals surface area contributed by atoms with Gasteiger partial charge in [-0.05, 0) is 25.2 Å². The van der Waals surface area contributed by atoms with E-state index in [1.54, 1.807) is 0 Å². The molecule has 2 N–H and O–H groups in total. The predicted molar refractivity (Wildman–Crippen MR) is 66.9 cm³/mol. The smallest absolute Gasteiger partial charge is 0.213 e. The second-order valence-electron chi connectivity index (χ2n) is 5.75. The Hall–Kier alpha value is -0.130.